The summed E-state index contributed by atoms with van der Waals surface area (Å²) >= 11 is 0. The average Bonchev–Trinajstić information content (AvgIpc) is 3.68. The van der Waals surface area contributed by atoms with Gasteiger partial charge < -0.3 is 4.90 Å². The second kappa shape index (κ2) is 11.3. The summed E-state index contributed by atoms with van der Waals surface area (Å²) in [6.07, 6.45) is 0. The molecule has 8 aromatic rings. The van der Waals surface area contributed by atoms with E-state index in [1.54, 1.807) is 0 Å². The molecule has 0 spiro atoms. The molecule has 8 aromatic carbocycles. The average molecular weight is 636 g/mol. The number of benzene rings is 8. The molecule has 0 heterocycles. The van der Waals surface area contributed by atoms with E-state index in [1.807, 2.05) is 0 Å². The molecule has 2 aliphatic rings. The van der Waals surface area contributed by atoms with Crippen molar-refractivity contribution < 1.29 is 0 Å². The Morgan fingerprint density at radius 1 is 0.280 bits per heavy atom. The van der Waals surface area contributed by atoms with E-state index >= 15 is 0 Å². The second-order valence-electron chi connectivity index (χ2n) is 13.3. The molecule has 0 radical (unpaired) electrons. The number of anilines is 3. The van der Waals surface area contributed by atoms with Crippen LogP contribution >= 0.6 is 0 Å². The molecule has 0 unspecified atom stereocenters. The first-order chi connectivity index (χ1) is 24.8. The predicted octanol–water partition coefficient (Wildman–Crippen LogP) is 12.8. The van der Waals surface area contributed by atoms with Crippen LogP contribution in [0.5, 0.6) is 0 Å². The Bertz CT molecular complexity index is 2350. The van der Waals surface area contributed by atoms with Crippen molar-refractivity contribution in [2.24, 2.45) is 0 Å². The van der Waals surface area contributed by atoms with Gasteiger partial charge in [-0.25, -0.2) is 0 Å². The molecule has 0 fully saturated rings. The third kappa shape index (κ3) is 4.20. The molecule has 1 heteroatoms. The van der Waals surface area contributed by atoms with Gasteiger partial charge in [0.2, 0.25) is 0 Å². The molecule has 0 atom stereocenters. The second-order valence-corrected chi connectivity index (χ2v) is 13.3. The van der Waals surface area contributed by atoms with Gasteiger partial charge in [0.25, 0.3) is 0 Å². The van der Waals surface area contributed by atoms with E-state index in [4.69, 9.17) is 0 Å². The van der Waals surface area contributed by atoms with Crippen LogP contribution in [0.4, 0.5) is 17.1 Å². The van der Waals surface area contributed by atoms with Crippen molar-refractivity contribution >= 4 is 17.1 Å². The van der Waals surface area contributed by atoms with Crippen molar-refractivity contribution in [2.45, 2.75) is 5.41 Å². The molecule has 0 aliphatic heterocycles. The lowest BCUT2D eigenvalue weighted by Crippen LogP contribution is -2.26. The molecule has 2 aliphatic carbocycles. The summed E-state index contributed by atoms with van der Waals surface area (Å²) < 4.78 is 0. The van der Waals surface area contributed by atoms with E-state index in [9.17, 15) is 0 Å². The monoisotopic (exact) mass is 635 g/mol. The molecular weight excluding hydrogens is 603 g/mol. The highest BCUT2D eigenvalue weighted by Gasteiger charge is 2.52. The van der Waals surface area contributed by atoms with Crippen molar-refractivity contribution in [2.75, 3.05) is 4.90 Å². The van der Waals surface area contributed by atoms with Gasteiger partial charge in [-0.05, 0) is 103 Å². The van der Waals surface area contributed by atoms with Crippen molar-refractivity contribution in [3.8, 4) is 44.5 Å². The van der Waals surface area contributed by atoms with Gasteiger partial charge in [-0.15, -0.1) is 0 Å². The molecule has 0 saturated carbocycles. The van der Waals surface area contributed by atoms with E-state index in [1.165, 1.54) is 66.8 Å². The quantitative estimate of drug-likeness (QED) is 0.176. The number of fused-ring (bicyclic) bond motifs is 6. The molecule has 0 aromatic heterocycles. The topological polar surface area (TPSA) is 3.24 Å². The molecule has 10 rings (SSSR count). The first kappa shape index (κ1) is 28.6. The van der Waals surface area contributed by atoms with Crippen molar-refractivity contribution in [3.05, 3.63) is 222 Å². The number of rotatable bonds is 6. The van der Waals surface area contributed by atoms with Crippen LogP contribution in [0.15, 0.2) is 200 Å². The van der Waals surface area contributed by atoms with E-state index in [2.05, 4.69) is 205 Å². The normalized spacial score (nSPS) is 13.0. The summed E-state index contributed by atoms with van der Waals surface area (Å²) in [6, 6.07) is 73.2. The van der Waals surface area contributed by atoms with Gasteiger partial charge in [-0.3, -0.25) is 0 Å². The van der Waals surface area contributed by atoms with E-state index in [-0.39, 0.29) is 5.41 Å². The molecule has 1 nitrogen and oxygen atoms in total. The first-order valence-electron chi connectivity index (χ1n) is 17.4. The lowest BCUT2D eigenvalue weighted by Gasteiger charge is -2.32. The van der Waals surface area contributed by atoms with Crippen LogP contribution in [0, 0.1) is 0 Å². The maximum atomic E-state index is 2.37. The zero-order valence-corrected chi connectivity index (χ0v) is 27.5. The van der Waals surface area contributed by atoms with Gasteiger partial charge >= 0.3 is 0 Å². The Labute approximate surface area is 293 Å². The van der Waals surface area contributed by atoms with Crippen molar-refractivity contribution in [1.29, 1.82) is 0 Å². The number of nitrogens with zero attached hydrogens (tertiary/aromatic N) is 1. The molecular formula is C49H33N. The zero-order chi connectivity index (χ0) is 33.1. The van der Waals surface area contributed by atoms with Crippen molar-refractivity contribution in [3.63, 3.8) is 0 Å². The summed E-state index contributed by atoms with van der Waals surface area (Å²) in [5.74, 6) is 0. The summed E-state index contributed by atoms with van der Waals surface area (Å²) in [7, 11) is 0. The van der Waals surface area contributed by atoms with Crippen LogP contribution in [0.25, 0.3) is 44.5 Å². The highest BCUT2D eigenvalue weighted by molar-refractivity contribution is 5.98. The Morgan fingerprint density at radius 2 is 0.640 bits per heavy atom. The summed E-state index contributed by atoms with van der Waals surface area (Å²) in [6.45, 7) is 0. The van der Waals surface area contributed by atoms with Gasteiger partial charge in [0.05, 0.1) is 5.41 Å². The maximum absolute atomic E-state index is 2.37. The minimum atomic E-state index is -0.350. The SMILES string of the molecule is c1ccc(-c2ccc(N(c3ccc(-c4ccccc4)cc3)c3ccc(C45c6ccccc6-c6cccc(c64)-c4ccccc45)cc3)cc2)cc1. The van der Waals surface area contributed by atoms with Crippen LogP contribution in [0.2, 0.25) is 0 Å². The lowest BCUT2D eigenvalue weighted by atomic mass is 9.70. The Morgan fingerprint density at radius 3 is 1.10 bits per heavy atom. The highest BCUT2D eigenvalue weighted by Crippen LogP contribution is 2.64. The Hall–Kier alpha value is -6.44. The summed E-state index contributed by atoms with van der Waals surface area (Å²) in [5.41, 5.74) is 18.7. The predicted molar refractivity (Wildman–Crippen MR) is 208 cm³/mol. The van der Waals surface area contributed by atoms with Gasteiger partial charge in [0, 0.05) is 17.1 Å². The largest absolute Gasteiger partial charge is 0.311 e. The van der Waals surface area contributed by atoms with Gasteiger partial charge in [-0.2, -0.15) is 0 Å². The summed E-state index contributed by atoms with van der Waals surface area (Å²) in [4.78, 5) is 2.37. The van der Waals surface area contributed by atoms with E-state index in [0.29, 0.717) is 0 Å². The fraction of sp³-hybridized carbons (Fsp3) is 0.0204. The van der Waals surface area contributed by atoms with Gasteiger partial charge in [-0.1, -0.05) is 164 Å². The molecule has 0 amide bonds. The third-order valence-corrected chi connectivity index (χ3v) is 10.7. The molecule has 50 heavy (non-hydrogen) atoms. The van der Waals surface area contributed by atoms with E-state index in [0.717, 1.165) is 17.1 Å². The summed E-state index contributed by atoms with van der Waals surface area (Å²) in [5, 5.41) is 0. The Kier molecular flexibility index (Phi) is 6.47. The fourth-order valence-corrected chi connectivity index (χ4v) is 8.54. The van der Waals surface area contributed by atoms with Crippen LogP contribution in [-0.4, -0.2) is 0 Å². The van der Waals surface area contributed by atoms with Gasteiger partial charge in [0.15, 0.2) is 0 Å². The maximum Gasteiger partial charge on any atom is 0.0725 e. The van der Waals surface area contributed by atoms with Gasteiger partial charge in [0.1, 0.15) is 0 Å². The third-order valence-electron chi connectivity index (χ3n) is 10.7. The van der Waals surface area contributed by atoms with Crippen LogP contribution < -0.4 is 4.90 Å². The molecule has 0 saturated heterocycles. The highest BCUT2D eigenvalue weighted by atomic mass is 15.1. The van der Waals surface area contributed by atoms with Crippen LogP contribution in [0.1, 0.15) is 22.3 Å². The standard InChI is InChI=1S/C49H33N/c1-3-12-34(13-4-1)36-22-28-39(29-23-36)50(40-30-24-37(25-31-40)35-14-5-2-6-15-35)41-32-26-38(27-33-41)49-46-20-9-7-16-42(46)44-18-11-19-45(48(44)49)43-17-8-10-21-47(43)49/h1-33H. The lowest BCUT2D eigenvalue weighted by molar-refractivity contribution is 0.792. The number of hydrogen-bond donors (Lipinski definition) is 0. The molecule has 0 bridgehead atoms. The molecule has 234 valence electrons. The van der Waals surface area contributed by atoms with Crippen LogP contribution in [0.3, 0.4) is 0 Å². The minimum absolute atomic E-state index is 0.350. The van der Waals surface area contributed by atoms with Crippen LogP contribution in [-0.2, 0) is 5.41 Å². The minimum Gasteiger partial charge on any atom is -0.311 e. The molecule has 0 N–H and O–H groups in total. The number of hydrogen-bond acceptors (Lipinski definition) is 1. The zero-order valence-electron chi connectivity index (χ0n) is 27.5. The first-order valence-corrected chi connectivity index (χ1v) is 17.4. The van der Waals surface area contributed by atoms with E-state index < -0.39 is 0 Å². The smallest absolute Gasteiger partial charge is 0.0725 e. The fourth-order valence-electron chi connectivity index (χ4n) is 8.54. The van der Waals surface area contributed by atoms with Crippen molar-refractivity contribution in [1.82, 2.24) is 0 Å². The Balaban J connectivity index is 1.12.